The van der Waals surface area contributed by atoms with E-state index in [1.165, 1.54) is 17.7 Å². The molecule has 0 saturated heterocycles. The first-order chi connectivity index (χ1) is 14.5. The van der Waals surface area contributed by atoms with Crippen molar-refractivity contribution in [2.45, 2.75) is 38.3 Å². The van der Waals surface area contributed by atoms with Crippen molar-refractivity contribution >= 4 is 39.7 Å². The number of halogens is 1. The summed E-state index contributed by atoms with van der Waals surface area (Å²) in [6, 6.07) is 12.1. The van der Waals surface area contributed by atoms with Gasteiger partial charge in [0.15, 0.2) is 0 Å². The maximum atomic E-state index is 6.68. The Morgan fingerprint density at radius 2 is 1.90 bits per heavy atom. The van der Waals surface area contributed by atoms with Crippen molar-refractivity contribution in [1.29, 1.82) is 0 Å². The first-order valence-corrected chi connectivity index (χ1v) is 11.8. The molecule has 3 N–H and O–H groups in total. The highest BCUT2D eigenvalue weighted by atomic mass is 35.5. The van der Waals surface area contributed by atoms with Crippen molar-refractivity contribution in [1.82, 2.24) is 15.3 Å². The second-order valence-corrected chi connectivity index (χ2v) is 10.3. The van der Waals surface area contributed by atoms with Crippen LogP contribution in [0.15, 0.2) is 36.4 Å². The van der Waals surface area contributed by atoms with Crippen LogP contribution >= 0.6 is 22.9 Å². The Kier molecular flexibility index (Phi) is 6.88. The van der Waals surface area contributed by atoms with Crippen LogP contribution in [-0.4, -0.2) is 30.6 Å². The zero-order chi connectivity index (χ0) is 21.1. The van der Waals surface area contributed by atoms with E-state index >= 15 is 0 Å². The number of rotatable bonds is 7. The fraction of sp³-hybridized carbons (Fsp3) is 0.478. The second-order valence-electron chi connectivity index (χ2n) is 8.46. The summed E-state index contributed by atoms with van der Waals surface area (Å²) in [5, 5.41) is 4.66. The molecule has 1 saturated carbocycles. The van der Waals surface area contributed by atoms with Crippen LogP contribution in [0.1, 0.15) is 42.4 Å². The molecule has 2 heterocycles. The molecular formula is C23H30ClN5S. The molecule has 1 unspecified atom stereocenters. The van der Waals surface area contributed by atoms with E-state index in [1.807, 2.05) is 43.3 Å². The Balaban J connectivity index is 1.35. The molecule has 3 aromatic rings. The molecule has 1 atom stereocenters. The maximum absolute atomic E-state index is 6.68. The van der Waals surface area contributed by atoms with E-state index in [1.54, 1.807) is 11.3 Å². The van der Waals surface area contributed by atoms with Gasteiger partial charge in [-0.2, -0.15) is 0 Å². The summed E-state index contributed by atoms with van der Waals surface area (Å²) in [4.78, 5) is 13.0. The summed E-state index contributed by atoms with van der Waals surface area (Å²) in [5.41, 5.74) is 7.65. The van der Waals surface area contributed by atoms with Crippen LogP contribution in [-0.2, 0) is 6.54 Å². The molecule has 2 aromatic heterocycles. The van der Waals surface area contributed by atoms with Gasteiger partial charge in [-0.15, -0.1) is 11.3 Å². The summed E-state index contributed by atoms with van der Waals surface area (Å²) in [7, 11) is 4.04. The van der Waals surface area contributed by atoms with Crippen LogP contribution < -0.4 is 16.0 Å². The third kappa shape index (κ3) is 4.94. The van der Waals surface area contributed by atoms with E-state index in [4.69, 9.17) is 27.3 Å². The van der Waals surface area contributed by atoms with Crippen molar-refractivity contribution in [3.8, 4) is 0 Å². The molecule has 7 heteroatoms. The standard InChI is InChI=1S/C23H30ClN5S/c1-29(2)23-18-5-3-4-6-19(18)27-22(28-23)21(25)16-9-7-15(8-10-16)13-26-14-17-11-12-20(24)30-17/h3-6,11-12,15-16,21,26H,7-10,13-14,25H2,1-2H3. The fourth-order valence-corrected chi connectivity index (χ4v) is 5.43. The molecule has 1 aromatic carbocycles. The van der Waals surface area contributed by atoms with E-state index < -0.39 is 0 Å². The number of aromatic nitrogens is 2. The van der Waals surface area contributed by atoms with Gasteiger partial charge in [-0.1, -0.05) is 23.7 Å². The third-order valence-corrected chi connectivity index (χ3v) is 7.31. The first kappa shape index (κ1) is 21.5. The minimum Gasteiger partial charge on any atom is -0.362 e. The summed E-state index contributed by atoms with van der Waals surface area (Å²) in [5.74, 6) is 2.86. The third-order valence-electron chi connectivity index (χ3n) is 6.08. The number of benzene rings is 1. The van der Waals surface area contributed by atoms with Gasteiger partial charge in [0.1, 0.15) is 11.6 Å². The largest absolute Gasteiger partial charge is 0.362 e. The Morgan fingerprint density at radius 3 is 2.60 bits per heavy atom. The topological polar surface area (TPSA) is 67.1 Å². The van der Waals surface area contributed by atoms with Gasteiger partial charge in [0.25, 0.3) is 0 Å². The lowest BCUT2D eigenvalue weighted by Crippen LogP contribution is -2.31. The lowest BCUT2D eigenvalue weighted by atomic mass is 9.78. The van der Waals surface area contributed by atoms with Gasteiger partial charge in [0.05, 0.1) is 15.9 Å². The van der Waals surface area contributed by atoms with E-state index in [9.17, 15) is 0 Å². The molecule has 30 heavy (non-hydrogen) atoms. The van der Waals surface area contributed by atoms with Gasteiger partial charge in [0.2, 0.25) is 0 Å². The summed E-state index contributed by atoms with van der Waals surface area (Å²) in [6.07, 6.45) is 4.66. The second kappa shape index (κ2) is 9.60. The number of hydrogen-bond donors (Lipinski definition) is 2. The molecule has 0 bridgehead atoms. The number of para-hydroxylation sites is 1. The van der Waals surface area contributed by atoms with Crippen molar-refractivity contribution in [3.05, 3.63) is 51.4 Å². The van der Waals surface area contributed by atoms with Crippen molar-refractivity contribution in [2.24, 2.45) is 17.6 Å². The van der Waals surface area contributed by atoms with E-state index in [2.05, 4.69) is 17.4 Å². The first-order valence-electron chi connectivity index (χ1n) is 10.7. The molecule has 0 aliphatic heterocycles. The normalized spacial score (nSPS) is 20.4. The number of nitrogens with two attached hydrogens (primary N) is 1. The summed E-state index contributed by atoms with van der Waals surface area (Å²) in [6.45, 7) is 1.95. The lowest BCUT2D eigenvalue weighted by molar-refractivity contribution is 0.235. The Labute approximate surface area is 187 Å². The molecule has 1 fully saturated rings. The van der Waals surface area contributed by atoms with Crippen molar-refractivity contribution < 1.29 is 0 Å². The Bertz CT molecular complexity index is 981. The van der Waals surface area contributed by atoms with Gasteiger partial charge >= 0.3 is 0 Å². The van der Waals surface area contributed by atoms with E-state index in [-0.39, 0.29) is 6.04 Å². The number of fused-ring (bicyclic) bond motifs is 1. The van der Waals surface area contributed by atoms with Crippen LogP contribution in [0.25, 0.3) is 10.9 Å². The predicted molar refractivity (Wildman–Crippen MR) is 127 cm³/mol. The molecular weight excluding hydrogens is 414 g/mol. The highest BCUT2D eigenvalue weighted by Gasteiger charge is 2.28. The zero-order valence-corrected chi connectivity index (χ0v) is 19.2. The van der Waals surface area contributed by atoms with Gasteiger partial charge in [-0.25, -0.2) is 9.97 Å². The average molecular weight is 444 g/mol. The summed E-state index contributed by atoms with van der Waals surface area (Å²) < 4.78 is 0.856. The number of anilines is 1. The van der Waals surface area contributed by atoms with Crippen LogP contribution in [0.3, 0.4) is 0 Å². The number of thiophene rings is 1. The maximum Gasteiger partial charge on any atom is 0.148 e. The van der Waals surface area contributed by atoms with Crippen molar-refractivity contribution in [3.63, 3.8) is 0 Å². The van der Waals surface area contributed by atoms with Gasteiger partial charge in [0, 0.05) is 30.9 Å². The summed E-state index contributed by atoms with van der Waals surface area (Å²) >= 11 is 7.66. The van der Waals surface area contributed by atoms with Crippen LogP contribution in [0.4, 0.5) is 5.82 Å². The lowest BCUT2D eigenvalue weighted by Gasteiger charge is -2.32. The number of nitrogens with one attached hydrogen (secondary N) is 1. The van der Waals surface area contributed by atoms with Crippen LogP contribution in [0.5, 0.6) is 0 Å². The monoisotopic (exact) mass is 443 g/mol. The molecule has 4 rings (SSSR count). The molecule has 0 radical (unpaired) electrons. The zero-order valence-electron chi connectivity index (χ0n) is 17.6. The average Bonchev–Trinajstić information content (AvgIpc) is 3.17. The number of nitrogens with zero attached hydrogens (tertiary/aromatic N) is 3. The molecule has 1 aliphatic rings. The Morgan fingerprint density at radius 1 is 1.13 bits per heavy atom. The quantitative estimate of drug-likeness (QED) is 0.537. The Hall–Kier alpha value is -1.73. The van der Waals surface area contributed by atoms with Gasteiger partial charge in [-0.05, 0) is 68.3 Å². The van der Waals surface area contributed by atoms with Crippen molar-refractivity contribution in [2.75, 3.05) is 25.5 Å². The number of hydrogen-bond acceptors (Lipinski definition) is 6. The molecule has 0 amide bonds. The SMILES string of the molecule is CN(C)c1nc(C(N)C2CCC(CNCc3ccc(Cl)s3)CC2)nc2ccccc12. The minimum absolute atomic E-state index is 0.115. The van der Waals surface area contributed by atoms with E-state index in [0.717, 1.165) is 52.8 Å². The minimum atomic E-state index is -0.115. The highest BCUT2D eigenvalue weighted by molar-refractivity contribution is 7.16. The predicted octanol–water partition coefficient (Wildman–Crippen LogP) is 5.01. The molecule has 1 aliphatic carbocycles. The molecule has 0 spiro atoms. The molecule has 160 valence electrons. The van der Waals surface area contributed by atoms with Gasteiger partial charge < -0.3 is 16.0 Å². The highest BCUT2D eigenvalue weighted by Crippen LogP contribution is 2.36. The molecule has 5 nitrogen and oxygen atoms in total. The smallest absolute Gasteiger partial charge is 0.148 e. The van der Waals surface area contributed by atoms with Crippen LogP contribution in [0, 0.1) is 11.8 Å². The fourth-order valence-electron chi connectivity index (χ4n) is 4.38. The van der Waals surface area contributed by atoms with Gasteiger partial charge in [-0.3, -0.25) is 0 Å². The van der Waals surface area contributed by atoms with E-state index in [0.29, 0.717) is 11.8 Å². The van der Waals surface area contributed by atoms with Crippen LogP contribution in [0.2, 0.25) is 4.34 Å².